The van der Waals surface area contributed by atoms with Crippen LogP contribution in [0, 0.1) is 5.82 Å². The summed E-state index contributed by atoms with van der Waals surface area (Å²) in [4.78, 5) is 29.3. The molecule has 1 N–H and O–H groups in total. The first-order valence-electron chi connectivity index (χ1n) is 11.5. The summed E-state index contributed by atoms with van der Waals surface area (Å²) >= 11 is 0. The van der Waals surface area contributed by atoms with Gasteiger partial charge in [-0.2, -0.15) is 0 Å². The number of benzene rings is 3. The third kappa shape index (κ3) is 3.98. The van der Waals surface area contributed by atoms with Gasteiger partial charge in [-0.15, -0.1) is 0 Å². The van der Waals surface area contributed by atoms with E-state index in [9.17, 15) is 14.0 Å². The molecule has 7 heteroatoms. The summed E-state index contributed by atoms with van der Waals surface area (Å²) in [6.45, 7) is 0.623. The van der Waals surface area contributed by atoms with Gasteiger partial charge in [-0.25, -0.2) is 4.39 Å². The van der Waals surface area contributed by atoms with Crippen LogP contribution in [0.2, 0.25) is 0 Å². The molecule has 2 atom stereocenters. The number of hydrogen-bond donors (Lipinski definition) is 1. The van der Waals surface area contributed by atoms with Crippen molar-refractivity contribution in [2.75, 3.05) is 25.6 Å². The standard InChI is InChI=1S/C28H26FN3O3/c1-31-17-21(18-9-5-8-14-24(18)31)26-25(27(33)30-23-13-7-6-12-22(23)29)19-10-3-4-11-20(19)28(34)32(26)15-16-35-2/h3-14,17,25-26H,15-16H2,1-2H3,(H,30,33)/t25-,26+/m0/s1. The van der Waals surface area contributed by atoms with Gasteiger partial charge in [0.15, 0.2) is 0 Å². The molecule has 0 fully saturated rings. The maximum absolute atomic E-state index is 14.5. The lowest BCUT2D eigenvalue weighted by Crippen LogP contribution is -2.47. The molecule has 0 bridgehead atoms. The SMILES string of the molecule is COCCN1C(=O)c2ccccc2[C@H](C(=O)Nc2ccccc2F)[C@H]1c1cn(C)c2ccccc12. The maximum atomic E-state index is 14.5. The summed E-state index contributed by atoms with van der Waals surface area (Å²) in [5.41, 5.74) is 3.04. The number of aromatic nitrogens is 1. The van der Waals surface area contributed by atoms with Gasteiger partial charge in [0.05, 0.1) is 24.3 Å². The normalized spacial score (nSPS) is 17.5. The first-order valence-corrected chi connectivity index (χ1v) is 11.5. The molecule has 1 aromatic heterocycles. The number of ether oxygens (including phenoxy) is 1. The molecular formula is C28H26FN3O3. The van der Waals surface area contributed by atoms with Gasteiger partial charge in [0.25, 0.3) is 5.91 Å². The zero-order valence-corrected chi connectivity index (χ0v) is 19.6. The summed E-state index contributed by atoms with van der Waals surface area (Å²) in [5.74, 6) is -1.81. The Morgan fingerprint density at radius 1 is 1.00 bits per heavy atom. The lowest BCUT2D eigenvalue weighted by Gasteiger charge is -2.41. The molecule has 35 heavy (non-hydrogen) atoms. The minimum Gasteiger partial charge on any atom is -0.383 e. The van der Waals surface area contributed by atoms with E-state index < -0.39 is 17.8 Å². The van der Waals surface area contributed by atoms with Gasteiger partial charge < -0.3 is 19.5 Å². The molecule has 5 rings (SSSR count). The summed E-state index contributed by atoms with van der Waals surface area (Å²) in [7, 11) is 3.52. The molecule has 6 nitrogen and oxygen atoms in total. The van der Waals surface area contributed by atoms with Crippen molar-refractivity contribution in [3.8, 4) is 0 Å². The number of rotatable bonds is 6. The fraction of sp³-hybridized carbons (Fsp3) is 0.214. The van der Waals surface area contributed by atoms with E-state index in [4.69, 9.17) is 4.74 Å². The highest BCUT2D eigenvalue weighted by molar-refractivity contribution is 6.05. The van der Waals surface area contributed by atoms with Crippen LogP contribution >= 0.6 is 0 Å². The van der Waals surface area contributed by atoms with Crippen molar-refractivity contribution in [2.45, 2.75) is 12.0 Å². The fourth-order valence-electron chi connectivity index (χ4n) is 5.04. The van der Waals surface area contributed by atoms with Gasteiger partial charge in [0.1, 0.15) is 5.82 Å². The Bertz CT molecular complexity index is 1410. The monoisotopic (exact) mass is 471 g/mol. The first-order chi connectivity index (χ1) is 17.0. The van der Waals surface area contributed by atoms with E-state index in [2.05, 4.69) is 5.32 Å². The summed E-state index contributed by atoms with van der Waals surface area (Å²) in [6, 6.07) is 20.5. The molecule has 0 aliphatic carbocycles. The lowest BCUT2D eigenvalue weighted by atomic mass is 9.79. The highest BCUT2D eigenvalue weighted by Crippen LogP contribution is 2.45. The van der Waals surface area contributed by atoms with E-state index in [1.54, 1.807) is 36.3 Å². The topological polar surface area (TPSA) is 63.6 Å². The van der Waals surface area contributed by atoms with Gasteiger partial charge in [-0.3, -0.25) is 9.59 Å². The number of carbonyl (C=O) groups is 2. The van der Waals surface area contributed by atoms with Crippen molar-refractivity contribution in [2.24, 2.45) is 7.05 Å². The third-order valence-electron chi connectivity index (χ3n) is 6.64. The van der Waals surface area contributed by atoms with E-state index in [1.165, 1.54) is 12.1 Å². The average molecular weight is 472 g/mol. The van der Waals surface area contributed by atoms with Crippen LogP contribution in [0.3, 0.4) is 0 Å². The second kappa shape index (κ2) is 9.35. The second-order valence-electron chi connectivity index (χ2n) is 8.68. The van der Waals surface area contributed by atoms with Crippen molar-refractivity contribution < 1.29 is 18.7 Å². The average Bonchev–Trinajstić information content (AvgIpc) is 3.21. The first kappa shape index (κ1) is 22.8. The Labute approximate surface area is 202 Å². The van der Waals surface area contributed by atoms with Crippen LogP contribution in [-0.4, -0.2) is 41.5 Å². The molecule has 2 heterocycles. The van der Waals surface area contributed by atoms with Crippen LogP contribution in [0.4, 0.5) is 10.1 Å². The molecular weight excluding hydrogens is 445 g/mol. The number of para-hydroxylation sites is 2. The molecule has 178 valence electrons. The molecule has 2 amide bonds. The Morgan fingerprint density at radius 2 is 1.71 bits per heavy atom. The van der Waals surface area contributed by atoms with Crippen LogP contribution in [0.1, 0.15) is 33.4 Å². The molecule has 0 saturated heterocycles. The van der Waals surface area contributed by atoms with Crippen molar-refractivity contribution in [1.29, 1.82) is 0 Å². The minimum absolute atomic E-state index is 0.104. The minimum atomic E-state index is -0.758. The molecule has 0 spiro atoms. The number of amides is 2. The Balaban J connectivity index is 1.71. The highest BCUT2D eigenvalue weighted by Gasteiger charge is 2.45. The molecule has 3 aromatic carbocycles. The smallest absolute Gasteiger partial charge is 0.254 e. The van der Waals surface area contributed by atoms with Crippen LogP contribution < -0.4 is 5.32 Å². The van der Waals surface area contributed by atoms with Gasteiger partial charge in [0.2, 0.25) is 5.91 Å². The predicted octanol–water partition coefficient (Wildman–Crippen LogP) is 4.88. The zero-order chi connectivity index (χ0) is 24.5. The Hall–Kier alpha value is -3.97. The number of halogens is 1. The number of anilines is 1. The molecule has 1 aliphatic heterocycles. The Morgan fingerprint density at radius 3 is 2.51 bits per heavy atom. The summed E-state index contributed by atoms with van der Waals surface area (Å²) in [5, 5.41) is 3.73. The number of fused-ring (bicyclic) bond motifs is 2. The number of hydrogen-bond acceptors (Lipinski definition) is 3. The van der Waals surface area contributed by atoms with E-state index in [-0.39, 0.29) is 17.5 Å². The van der Waals surface area contributed by atoms with Crippen LogP contribution in [0.5, 0.6) is 0 Å². The number of methoxy groups -OCH3 is 1. The molecule has 0 saturated carbocycles. The summed E-state index contributed by atoms with van der Waals surface area (Å²) in [6.07, 6.45) is 1.97. The van der Waals surface area contributed by atoms with Gasteiger partial charge >= 0.3 is 0 Å². The van der Waals surface area contributed by atoms with Crippen molar-refractivity contribution in [1.82, 2.24) is 9.47 Å². The lowest BCUT2D eigenvalue weighted by molar-refractivity contribution is -0.119. The van der Waals surface area contributed by atoms with E-state index in [1.807, 2.05) is 54.2 Å². The number of nitrogens with one attached hydrogen (secondary N) is 1. The van der Waals surface area contributed by atoms with E-state index >= 15 is 0 Å². The molecule has 0 radical (unpaired) electrons. The second-order valence-corrected chi connectivity index (χ2v) is 8.68. The number of nitrogens with zero attached hydrogens (tertiary/aromatic N) is 2. The maximum Gasteiger partial charge on any atom is 0.254 e. The highest BCUT2D eigenvalue weighted by atomic mass is 19.1. The molecule has 4 aromatic rings. The van der Waals surface area contributed by atoms with Crippen molar-refractivity contribution in [3.63, 3.8) is 0 Å². The quantitative estimate of drug-likeness (QED) is 0.436. The van der Waals surface area contributed by atoms with Crippen LogP contribution in [-0.2, 0) is 16.6 Å². The van der Waals surface area contributed by atoms with Crippen LogP contribution in [0.15, 0.2) is 79.0 Å². The Kier molecular flexibility index (Phi) is 6.09. The fourth-order valence-corrected chi connectivity index (χ4v) is 5.04. The molecule has 1 aliphatic rings. The van der Waals surface area contributed by atoms with Crippen LogP contribution in [0.25, 0.3) is 10.9 Å². The third-order valence-corrected chi connectivity index (χ3v) is 6.64. The van der Waals surface area contributed by atoms with Crippen molar-refractivity contribution in [3.05, 3.63) is 102 Å². The largest absolute Gasteiger partial charge is 0.383 e. The van der Waals surface area contributed by atoms with E-state index in [0.29, 0.717) is 24.3 Å². The van der Waals surface area contributed by atoms with Gasteiger partial charge in [-0.1, -0.05) is 48.5 Å². The predicted molar refractivity (Wildman–Crippen MR) is 133 cm³/mol. The number of aryl methyl sites for hydroxylation is 1. The number of carbonyl (C=O) groups excluding carboxylic acids is 2. The van der Waals surface area contributed by atoms with Gasteiger partial charge in [-0.05, 0) is 29.8 Å². The summed E-state index contributed by atoms with van der Waals surface area (Å²) < 4.78 is 21.8. The molecule has 0 unspecified atom stereocenters. The van der Waals surface area contributed by atoms with Gasteiger partial charge in [0, 0.05) is 48.9 Å². The van der Waals surface area contributed by atoms with E-state index in [0.717, 1.165) is 16.5 Å². The zero-order valence-electron chi connectivity index (χ0n) is 19.6. The van der Waals surface area contributed by atoms with Crippen molar-refractivity contribution >= 4 is 28.4 Å².